The summed E-state index contributed by atoms with van der Waals surface area (Å²) in [6, 6.07) is 7.86. The van der Waals surface area contributed by atoms with Gasteiger partial charge in [-0.2, -0.15) is 4.80 Å². The van der Waals surface area contributed by atoms with Crippen molar-refractivity contribution in [3.63, 3.8) is 0 Å². The molecule has 1 amide bonds. The van der Waals surface area contributed by atoms with Gasteiger partial charge in [-0.15, -0.1) is 21.5 Å². The minimum Gasteiger partial charge on any atom is -0.337 e. The fraction of sp³-hybridized carbons (Fsp3) is 0.353. The average molecular weight is 354 g/mol. The summed E-state index contributed by atoms with van der Waals surface area (Å²) in [5.74, 6) is 0.736. The lowest BCUT2D eigenvalue weighted by Crippen LogP contribution is -2.39. The van der Waals surface area contributed by atoms with Crippen LogP contribution in [0.1, 0.15) is 17.7 Å². The lowest BCUT2D eigenvalue weighted by Gasteiger charge is -2.23. The highest BCUT2D eigenvalue weighted by Crippen LogP contribution is 2.21. The first-order valence-corrected chi connectivity index (χ1v) is 9.17. The van der Waals surface area contributed by atoms with Gasteiger partial charge in [-0.1, -0.05) is 6.07 Å². The Balaban J connectivity index is 1.43. The molecular formula is C17H18N6OS. The second kappa shape index (κ2) is 7.10. The van der Waals surface area contributed by atoms with Crippen LogP contribution in [0.4, 0.5) is 0 Å². The average Bonchev–Trinajstić information content (AvgIpc) is 3.38. The number of thiophene rings is 1. The molecule has 25 heavy (non-hydrogen) atoms. The fourth-order valence-electron chi connectivity index (χ4n) is 3.14. The van der Waals surface area contributed by atoms with Crippen molar-refractivity contribution in [1.29, 1.82) is 0 Å². The van der Waals surface area contributed by atoms with Crippen molar-refractivity contribution in [2.75, 3.05) is 6.54 Å². The predicted molar refractivity (Wildman–Crippen MR) is 93.8 cm³/mol. The molecule has 0 unspecified atom stereocenters. The maximum atomic E-state index is 12.6. The van der Waals surface area contributed by atoms with Crippen LogP contribution in [-0.4, -0.2) is 48.6 Å². The number of hydrogen-bond donors (Lipinski definition) is 0. The van der Waals surface area contributed by atoms with Gasteiger partial charge in [-0.3, -0.25) is 9.78 Å². The third kappa shape index (κ3) is 3.58. The highest BCUT2D eigenvalue weighted by molar-refractivity contribution is 7.10. The zero-order valence-electron chi connectivity index (χ0n) is 13.7. The summed E-state index contributed by atoms with van der Waals surface area (Å²) < 4.78 is 0. The monoisotopic (exact) mass is 354 g/mol. The summed E-state index contributed by atoms with van der Waals surface area (Å²) in [4.78, 5) is 21.3. The standard InChI is InChI=1S/C17H18N6OS/c24-16(10-15-6-3-9-25-15)22-8-2-5-14(22)12-23-20-17(19-21-23)13-4-1-7-18-11-13/h1,3-4,6-7,9,11,14H,2,5,8,10,12H2/t14-/m1/s1. The normalized spacial score (nSPS) is 17.1. The molecule has 0 aliphatic carbocycles. The van der Waals surface area contributed by atoms with Crippen LogP contribution >= 0.6 is 11.3 Å². The van der Waals surface area contributed by atoms with Gasteiger partial charge in [0.2, 0.25) is 11.7 Å². The molecule has 7 nitrogen and oxygen atoms in total. The molecule has 4 heterocycles. The molecule has 0 radical (unpaired) electrons. The topological polar surface area (TPSA) is 76.8 Å². The van der Waals surface area contributed by atoms with Crippen molar-refractivity contribution in [1.82, 2.24) is 30.1 Å². The Bertz CT molecular complexity index is 832. The van der Waals surface area contributed by atoms with Crippen LogP contribution in [0.25, 0.3) is 11.4 Å². The number of pyridine rings is 1. The van der Waals surface area contributed by atoms with E-state index in [-0.39, 0.29) is 11.9 Å². The number of rotatable bonds is 5. The van der Waals surface area contributed by atoms with Gasteiger partial charge in [-0.25, -0.2) is 0 Å². The van der Waals surface area contributed by atoms with Gasteiger partial charge in [-0.05, 0) is 41.6 Å². The number of aromatic nitrogens is 5. The Morgan fingerprint density at radius 1 is 1.32 bits per heavy atom. The first kappa shape index (κ1) is 15.9. The summed E-state index contributed by atoms with van der Waals surface area (Å²) in [6.45, 7) is 1.38. The molecule has 1 saturated heterocycles. The molecule has 3 aromatic rings. The Morgan fingerprint density at radius 2 is 2.28 bits per heavy atom. The Morgan fingerprint density at radius 3 is 3.08 bits per heavy atom. The summed E-state index contributed by atoms with van der Waals surface area (Å²) in [7, 11) is 0. The summed E-state index contributed by atoms with van der Waals surface area (Å²) in [5, 5.41) is 14.7. The molecule has 0 bridgehead atoms. The Kier molecular flexibility index (Phi) is 4.51. The van der Waals surface area contributed by atoms with Crippen molar-refractivity contribution in [2.45, 2.75) is 31.8 Å². The highest BCUT2D eigenvalue weighted by Gasteiger charge is 2.29. The van der Waals surface area contributed by atoms with Crippen molar-refractivity contribution in [3.8, 4) is 11.4 Å². The molecule has 0 aromatic carbocycles. The number of carbonyl (C=O) groups excluding carboxylic acids is 1. The van der Waals surface area contributed by atoms with Crippen LogP contribution in [0.2, 0.25) is 0 Å². The van der Waals surface area contributed by atoms with Crippen molar-refractivity contribution in [3.05, 3.63) is 46.9 Å². The zero-order chi connectivity index (χ0) is 17.1. The van der Waals surface area contributed by atoms with E-state index in [0.29, 0.717) is 18.8 Å². The summed E-state index contributed by atoms with van der Waals surface area (Å²) in [6.07, 6.45) is 5.89. The molecule has 8 heteroatoms. The molecular weight excluding hydrogens is 336 g/mol. The molecule has 0 saturated carbocycles. The lowest BCUT2D eigenvalue weighted by molar-refractivity contribution is -0.131. The maximum absolute atomic E-state index is 12.6. The van der Waals surface area contributed by atoms with E-state index in [0.717, 1.165) is 29.8 Å². The summed E-state index contributed by atoms with van der Waals surface area (Å²) in [5.41, 5.74) is 0.839. The molecule has 3 aromatic heterocycles. The summed E-state index contributed by atoms with van der Waals surface area (Å²) >= 11 is 1.62. The van der Waals surface area contributed by atoms with E-state index in [1.54, 1.807) is 28.5 Å². The van der Waals surface area contributed by atoms with E-state index >= 15 is 0 Å². The minimum absolute atomic E-state index is 0.128. The third-order valence-electron chi connectivity index (χ3n) is 4.35. The van der Waals surface area contributed by atoms with Gasteiger partial charge >= 0.3 is 0 Å². The number of carbonyl (C=O) groups is 1. The second-order valence-corrected chi connectivity index (χ2v) is 7.08. The van der Waals surface area contributed by atoms with Gasteiger partial charge in [0.1, 0.15) is 0 Å². The molecule has 4 rings (SSSR count). The quantitative estimate of drug-likeness (QED) is 0.701. The molecule has 1 atom stereocenters. The van der Waals surface area contributed by atoms with Crippen LogP contribution in [0.3, 0.4) is 0 Å². The molecule has 0 spiro atoms. The van der Waals surface area contributed by atoms with Crippen LogP contribution in [0.5, 0.6) is 0 Å². The smallest absolute Gasteiger partial charge is 0.228 e. The van der Waals surface area contributed by atoms with E-state index < -0.39 is 0 Å². The number of nitrogens with zero attached hydrogens (tertiary/aromatic N) is 6. The van der Waals surface area contributed by atoms with Gasteiger partial charge in [0.25, 0.3) is 0 Å². The lowest BCUT2D eigenvalue weighted by atomic mass is 10.2. The van der Waals surface area contributed by atoms with Crippen molar-refractivity contribution >= 4 is 17.2 Å². The molecule has 0 N–H and O–H groups in total. The third-order valence-corrected chi connectivity index (χ3v) is 5.23. The first-order chi connectivity index (χ1) is 12.3. The SMILES string of the molecule is O=C(Cc1cccs1)N1CCC[C@@H]1Cn1nnc(-c2cccnc2)n1. The van der Waals surface area contributed by atoms with E-state index in [2.05, 4.69) is 20.4 Å². The van der Waals surface area contributed by atoms with E-state index in [9.17, 15) is 4.79 Å². The largest absolute Gasteiger partial charge is 0.337 e. The van der Waals surface area contributed by atoms with Crippen LogP contribution in [0, 0.1) is 0 Å². The van der Waals surface area contributed by atoms with E-state index in [4.69, 9.17) is 0 Å². The van der Waals surface area contributed by atoms with Crippen LogP contribution in [-0.2, 0) is 17.8 Å². The number of likely N-dealkylation sites (tertiary alicyclic amines) is 1. The highest BCUT2D eigenvalue weighted by atomic mass is 32.1. The number of tetrazole rings is 1. The van der Waals surface area contributed by atoms with Gasteiger partial charge in [0.15, 0.2) is 0 Å². The van der Waals surface area contributed by atoms with Crippen molar-refractivity contribution in [2.24, 2.45) is 0 Å². The van der Waals surface area contributed by atoms with Crippen LogP contribution < -0.4 is 0 Å². The van der Waals surface area contributed by atoms with Gasteiger partial charge in [0.05, 0.1) is 19.0 Å². The van der Waals surface area contributed by atoms with E-state index in [1.165, 1.54) is 0 Å². The first-order valence-electron chi connectivity index (χ1n) is 8.29. The van der Waals surface area contributed by atoms with E-state index in [1.807, 2.05) is 34.5 Å². The molecule has 1 aliphatic rings. The molecule has 128 valence electrons. The number of hydrogen-bond acceptors (Lipinski definition) is 6. The van der Waals surface area contributed by atoms with Gasteiger partial charge in [0, 0.05) is 29.4 Å². The minimum atomic E-state index is 0.128. The van der Waals surface area contributed by atoms with Crippen LogP contribution in [0.15, 0.2) is 42.0 Å². The molecule has 1 fully saturated rings. The fourth-order valence-corrected chi connectivity index (χ4v) is 3.83. The van der Waals surface area contributed by atoms with Gasteiger partial charge < -0.3 is 4.90 Å². The predicted octanol–water partition coefficient (Wildman–Crippen LogP) is 2.03. The Hall–Kier alpha value is -2.61. The number of amides is 1. The second-order valence-electron chi connectivity index (χ2n) is 6.05. The zero-order valence-corrected chi connectivity index (χ0v) is 14.5. The Labute approximate surface area is 149 Å². The maximum Gasteiger partial charge on any atom is 0.228 e. The molecule has 1 aliphatic heterocycles. The van der Waals surface area contributed by atoms with Crippen molar-refractivity contribution < 1.29 is 4.79 Å².